The first-order valence-electron chi connectivity index (χ1n) is 5.14. The number of nitro groups is 1. The number of nitrogens with zero attached hydrogens (tertiary/aromatic N) is 2. The maximum atomic E-state index is 11.8. The molecule has 0 N–H and O–H groups in total. The number of nitro benzene ring substituents is 1. The number of hydrogen-bond donors (Lipinski definition) is 0. The van der Waals surface area contributed by atoms with Crippen LogP contribution in [-0.2, 0) is 4.74 Å². The number of amides is 1. The van der Waals surface area contributed by atoms with E-state index in [-0.39, 0.29) is 11.4 Å². The molecule has 0 aliphatic carbocycles. The number of anilines is 1. The van der Waals surface area contributed by atoms with Gasteiger partial charge in [0.25, 0.3) is 5.69 Å². The highest BCUT2D eigenvalue weighted by molar-refractivity contribution is 9.10. The van der Waals surface area contributed by atoms with Crippen molar-refractivity contribution >= 4 is 33.6 Å². The summed E-state index contributed by atoms with van der Waals surface area (Å²) >= 11 is 2.98. The van der Waals surface area contributed by atoms with Crippen molar-refractivity contribution < 1.29 is 14.5 Å². The van der Waals surface area contributed by atoms with Gasteiger partial charge < -0.3 is 4.74 Å². The molecule has 1 aromatic rings. The second-order valence-electron chi connectivity index (χ2n) is 4.51. The van der Waals surface area contributed by atoms with E-state index in [0.29, 0.717) is 0 Å². The first-order valence-corrected chi connectivity index (χ1v) is 5.85. The highest BCUT2D eigenvalue weighted by atomic mass is 79.9. The molecule has 0 aliphatic heterocycles. The van der Waals surface area contributed by atoms with Gasteiger partial charge in [-0.25, -0.2) is 8.72 Å². The first-order chi connectivity index (χ1) is 8.22. The summed E-state index contributed by atoms with van der Waals surface area (Å²) < 4.78 is 6.05. The molecule has 1 aromatic carbocycles. The molecule has 0 fully saturated rings. The molecule has 0 aliphatic rings. The predicted octanol–water partition coefficient (Wildman–Crippen LogP) is 3.65. The Morgan fingerprint density at radius 3 is 2.44 bits per heavy atom. The van der Waals surface area contributed by atoms with Gasteiger partial charge >= 0.3 is 6.09 Å². The van der Waals surface area contributed by atoms with Crippen molar-refractivity contribution in [1.82, 2.24) is 0 Å². The van der Waals surface area contributed by atoms with Crippen LogP contribution in [0.25, 0.3) is 0 Å². The van der Waals surface area contributed by atoms with E-state index in [1.165, 1.54) is 18.2 Å². The van der Waals surface area contributed by atoms with Crippen molar-refractivity contribution in [3.63, 3.8) is 0 Å². The molecule has 0 heterocycles. The van der Waals surface area contributed by atoms with Gasteiger partial charge in [0, 0.05) is 6.07 Å². The lowest BCUT2D eigenvalue weighted by molar-refractivity contribution is -0.384. The van der Waals surface area contributed by atoms with Crippen LogP contribution in [0.1, 0.15) is 20.8 Å². The van der Waals surface area contributed by atoms with E-state index in [1.807, 2.05) is 0 Å². The van der Waals surface area contributed by atoms with Gasteiger partial charge in [-0.2, -0.15) is 0 Å². The molecule has 0 atom stereocenters. The van der Waals surface area contributed by atoms with Crippen LogP contribution >= 0.6 is 16.1 Å². The number of rotatable bonds is 2. The summed E-state index contributed by atoms with van der Waals surface area (Å²) in [5, 5.41) is 10.8. The molecule has 7 heteroatoms. The summed E-state index contributed by atoms with van der Waals surface area (Å²) in [7, 11) is 0. The fourth-order valence-corrected chi connectivity index (χ4v) is 1.56. The quantitative estimate of drug-likeness (QED) is 0.474. The van der Waals surface area contributed by atoms with Crippen LogP contribution in [0.5, 0.6) is 0 Å². The van der Waals surface area contributed by atoms with Crippen molar-refractivity contribution in [3.05, 3.63) is 34.4 Å². The van der Waals surface area contributed by atoms with E-state index in [9.17, 15) is 14.9 Å². The highest BCUT2D eigenvalue weighted by Gasteiger charge is 2.26. The monoisotopic (exact) mass is 316 g/mol. The Morgan fingerprint density at radius 1 is 1.39 bits per heavy atom. The molecule has 0 radical (unpaired) electrons. The van der Waals surface area contributed by atoms with Crippen LogP contribution in [0.15, 0.2) is 24.3 Å². The number of ether oxygens (including phenoxy) is 1. The molecule has 0 bridgehead atoms. The minimum absolute atomic E-state index is 0.122. The van der Waals surface area contributed by atoms with Crippen molar-refractivity contribution in [3.8, 4) is 0 Å². The lowest BCUT2D eigenvalue weighted by Crippen LogP contribution is -2.31. The van der Waals surface area contributed by atoms with Crippen LogP contribution in [0.4, 0.5) is 16.2 Å². The molecule has 1 rings (SSSR count). The number of halogens is 1. The van der Waals surface area contributed by atoms with Crippen molar-refractivity contribution in [1.29, 1.82) is 0 Å². The maximum Gasteiger partial charge on any atom is 0.425 e. The van der Waals surface area contributed by atoms with Gasteiger partial charge in [0.05, 0.1) is 21.1 Å². The van der Waals surface area contributed by atoms with Gasteiger partial charge in [-0.05, 0) is 26.8 Å². The summed E-state index contributed by atoms with van der Waals surface area (Å²) in [6.45, 7) is 5.14. The summed E-state index contributed by atoms with van der Waals surface area (Å²) in [6.07, 6.45) is -0.711. The fourth-order valence-electron chi connectivity index (χ4n) is 1.18. The lowest BCUT2D eigenvalue weighted by Gasteiger charge is -2.23. The molecule has 98 valence electrons. The summed E-state index contributed by atoms with van der Waals surface area (Å²) in [4.78, 5) is 22.0. The number of benzene rings is 1. The lowest BCUT2D eigenvalue weighted by atomic mass is 10.2. The first kappa shape index (κ1) is 14.4. The van der Waals surface area contributed by atoms with E-state index in [0.717, 1.165) is 3.93 Å². The van der Waals surface area contributed by atoms with Crippen LogP contribution in [0, 0.1) is 10.1 Å². The van der Waals surface area contributed by atoms with E-state index in [1.54, 1.807) is 26.8 Å². The smallest absolute Gasteiger partial charge is 0.425 e. The van der Waals surface area contributed by atoms with E-state index in [4.69, 9.17) is 4.74 Å². The molecule has 0 unspecified atom stereocenters. The Hall–Kier alpha value is -1.63. The SMILES string of the molecule is CC(C)(C)OC(=O)N(Br)c1ccccc1[N+](=O)[O-]. The molecule has 6 nitrogen and oxygen atoms in total. The normalized spacial score (nSPS) is 10.9. The summed E-state index contributed by atoms with van der Waals surface area (Å²) in [5.74, 6) is 0. The van der Waals surface area contributed by atoms with Gasteiger partial charge in [-0.3, -0.25) is 10.1 Å². The Balaban J connectivity index is 3.00. The highest BCUT2D eigenvalue weighted by Crippen LogP contribution is 2.30. The summed E-state index contributed by atoms with van der Waals surface area (Å²) in [6, 6.07) is 5.89. The van der Waals surface area contributed by atoms with Crippen molar-refractivity contribution in [2.75, 3.05) is 3.93 Å². The van der Waals surface area contributed by atoms with Gasteiger partial charge in [-0.1, -0.05) is 12.1 Å². The zero-order valence-corrected chi connectivity index (χ0v) is 11.8. The van der Waals surface area contributed by atoms with Crippen LogP contribution < -0.4 is 3.93 Å². The van der Waals surface area contributed by atoms with Crippen molar-refractivity contribution in [2.24, 2.45) is 0 Å². The maximum absolute atomic E-state index is 11.8. The average Bonchev–Trinajstić information content (AvgIpc) is 2.25. The van der Waals surface area contributed by atoms with Gasteiger partial charge in [-0.15, -0.1) is 0 Å². The fraction of sp³-hybridized carbons (Fsp3) is 0.364. The molecular weight excluding hydrogens is 304 g/mol. The molecule has 1 amide bonds. The molecule has 0 saturated carbocycles. The minimum Gasteiger partial charge on any atom is -0.443 e. The third kappa shape index (κ3) is 3.69. The van der Waals surface area contributed by atoms with Gasteiger partial charge in [0.2, 0.25) is 0 Å². The largest absolute Gasteiger partial charge is 0.443 e. The Bertz CT molecular complexity index is 470. The zero-order chi connectivity index (χ0) is 13.9. The summed E-state index contributed by atoms with van der Waals surface area (Å²) in [5.41, 5.74) is -0.732. The van der Waals surface area contributed by atoms with Crippen LogP contribution in [0.3, 0.4) is 0 Å². The minimum atomic E-state index is -0.711. The van der Waals surface area contributed by atoms with Crippen LogP contribution in [-0.4, -0.2) is 16.6 Å². The number of carbonyl (C=O) groups is 1. The molecule has 18 heavy (non-hydrogen) atoms. The van der Waals surface area contributed by atoms with Crippen molar-refractivity contribution in [2.45, 2.75) is 26.4 Å². The molecular formula is C11H13BrN2O4. The standard InChI is InChI=1S/C11H13BrN2O4/c1-11(2,3)18-10(15)13(12)8-6-4-5-7-9(8)14(16)17/h4-7H,1-3H3. The second kappa shape index (κ2) is 5.34. The third-order valence-corrected chi connectivity index (χ3v) is 2.52. The number of carbonyl (C=O) groups excluding carboxylic acids is 1. The Morgan fingerprint density at radius 2 is 1.94 bits per heavy atom. The number of hydrogen-bond acceptors (Lipinski definition) is 4. The Labute approximate surface area is 113 Å². The Kier molecular flexibility index (Phi) is 4.28. The predicted molar refractivity (Wildman–Crippen MR) is 70.7 cm³/mol. The zero-order valence-electron chi connectivity index (χ0n) is 10.2. The molecule has 0 saturated heterocycles. The molecule has 0 spiro atoms. The third-order valence-electron chi connectivity index (χ3n) is 1.84. The second-order valence-corrected chi connectivity index (χ2v) is 5.22. The van der Waals surface area contributed by atoms with Gasteiger partial charge in [0.1, 0.15) is 11.3 Å². The molecule has 0 aromatic heterocycles. The topological polar surface area (TPSA) is 72.7 Å². The van der Waals surface area contributed by atoms with Crippen LogP contribution in [0.2, 0.25) is 0 Å². The number of para-hydroxylation sites is 2. The van der Waals surface area contributed by atoms with Gasteiger partial charge in [0.15, 0.2) is 0 Å². The average molecular weight is 317 g/mol. The van der Waals surface area contributed by atoms with E-state index < -0.39 is 16.6 Å². The van der Waals surface area contributed by atoms with E-state index in [2.05, 4.69) is 16.1 Å². The van der Waals surface area contributed by atoms with E-state index >= 15 is 0 Å².